The Morgan fingerprint density at radius 3 is 2.77 bits per heavy atom. The molecule has 1 nitrogen and oxygen atoms in total. The van der Waals surface area contributed by atoms with E-state index in [0.717, 1.165) is 35.5 Å². The molecule has 0 saturated heterocycles. The van der Waals surface area contributed by atoms with Crippen LogP contribution in [0.1, 0.15) is 59.3 Å². The van der Waals surface area contributed by atoms with Crippen molar-refractivity contribution in [2.75, 3.05) is 0 Å². The maximum absolute atomic E-state index is 4.53. The van der Waals surface area contributed by atoms with Gasteiger partial charge < -0.3 is 5.32 Å². The lowest BCUT2D eigenvalue weighted by Gasteiger charge is -2.60. The monoisotopic (exact) mass is 301 g/mol. The van der Waals surface area contributed by atoms with Crippen molar-refractivity contribution in [2.24, 2.45) is 35.5 Å². The SMILES string of the molecule is C=C(C)C[C@@H]1C[C@H](C)[C@H]2CC[C@](C)([NH2+][CH2-])[C@@H]3CCC(=C)[C@@H]1[C@H]23. The average Bonchev–Trinajstić information content (AvgIpc) is 2.45. The van der Waals surface area contributed by atoms with Gasteiger partial charge in [-0.2, -0.15) is 7.05 Å². The van der Waals surface area contributed by atoms with Crippen LogP contribution >= 0.6 is 0 Å². The minimum absolute atomic E-state index is 0.352. The second-order valence-electron chi connectivity index (χ2n) is 8.95. The Morgan fingerprint density at radius 2 is 2.14 bits per heavy atom. The van der Waals surface area contributed by atoms with Gasteiger partial charge in [-0.25, -0.2) is 0 Å². The van der Waals surface area contributed by atoms with Crippen molar-refractivity contribution in [1.82, 2.24) is 0 Å². The first kappa shape index (κ1) is 16.3. The normalized spacial score (nSPS) is 47.9. The van der Waals surface area contributed by atoms with Crippen molar-refractivity contribution < 1.29 is 5.32 Å². The first-order valence-corrected chi connectivity index (χ1v) is 9.33. The standard InChI is InChI=1S/C21H35N/c1-13(2)11-16-12-15(4)17-9-10-21(5,22-6)18-8-7-14(3)19(16)20(17)18/h15-20H,1,3,6-12,22H2,2,4-5H3/t15-,16+,17+,18+,19-,20+,21-/m0/s1. The van der Waals surface area contributed by atoms with Gasteiger partial charge >= 0.3 is 0 Å². The van der Waals surface area contributed by atoms with Crippen LogP contribution in [0.2, 0.25) is 0 Å². The molecule has 7 atom stereocenters. The third kappa shape index (κ3) is 2.50. The van der Waals surface area contributed by atoms with E-state index in [1.807, 2.05) is 0 Å². The summed E-state index contributed by atoms with van der Waals surface area (Å²) in [6.45, 7) is 15.9. The van der Waals surface area contributed by atoms with Crippen LogP contribution in [0, 0.1) is 42.6 Å². The first-order valence-electron chi connectivity index (χ1n) is 9.33. The molecule has 0 aliphatic heterocycles. The van der Waals surface area contributed by atoms with Crippen LogP contribution in [-0.4, -0.2) is 5.54 Å². The minimum atomic E-state index is 0.352. The predicted octanol–water partition coefficient (Wildman–Crippen LogP) is 4.33. The van der Waals surface area contributed by atoms with E-state index < -0.39 is 0 Å². The summed E-state index contributed by atoms with van der Waals surface area (Å²) in [4.78, 5) is 0. The smallest absolute Gasteiger partial charge is 0.0726 e. The summed E-state index contributed by atoms with van der Waals surface area (Å²) >= 11 is 0. The lowest BCUT2D eigenvalue weighted by molar-refractivity contribution is -0.688. The number of rotatable bonds is 3. The second-order valence-corrected chi connectivity index (χ2v) is 8.95. The summed E-state index contributed by atoms with van der Waals surface area (Å²) in [5, 5.41) is 2.28. The zero-order chi connectivity index (χ0) is 16.1. The van der Waals surface area contributed by atoms with E-state index in [4.69, 9.17) is 0 Å². The Kier molecular flexibility index (Phi) is 4.31. The molecule has 0 unspecified atom stereocenters. The fourth-order valence-electron chi connectivity index (χ4n) is 6.43. The molecule has 1 heteroatoms. The fourth-order valence-corrected chi connectivity index (χ4v) is 6.43. The summed E-state index contributed by atoms with van der Waals surface area (Å²) < 4.78 is 0. The summed E-state index contributed by atoms with van der Waals surface area (Å²) in [5.41, 5.74) is 3.26. The molecular formula is C21H35N. The summed E-state index contributed by atoms with van der Waals surface area (Å²) in [7, 11) is 4.21. The Labute approximate surface area is 137 Å². The van der Waals surface area contributed by atoms with Gasteiger partial charge in [0.15, 0.2) is 0 Å². The molecule has 3 saturated carbocycles. The highest BCUT2D eigenvalue weighted by Crippen LogP contribution is 2.59. The molecule has 3 aliphatic carbocycles. The van der Waals surface area contributed by atoms with Gasteiger partial charge in [0.25, 0.3) is 0 Å². The maximum Gasteiger partial charge on any atom is 0.0726 e. The third-order valence-electron chi connectivity index (χ3n) is 7.48. The number of allylic oxidation sites excluding steroid dienone is 2. The first-order chi connectivity index (χ1) is 10.4. The molecule has 0 radical (unpaired) electrons. The number of hydrogen-bond donors (Lipinski definition) is 1. The van der Waals surface area contributed by atoms with E-state index in [9.17, 15) is 0 Å². The van der Waals surface area contributed by atoms with Crippen molar-refractivity contribution in [3.05, 3.63) is 31.4 Å². The molecule has 22 heavy (non-hydrogen) atoms. The Bertz CT molecular complexity index is 465. The van der Waals surface area contributed by atoms with E-state index in [-0.39, 0.29) is 0 Å². The van der Waals surface area contributed by atoms with E-state index in [1.165, 1.54) is 44.1 Å². The van der Waals surface area contributed by atoms with Crippen molar-refractivity contribution in [3.8, 4) is 0 Å². The molecule has 0 bridgehead atoms. The van der Waals surface area contributed by atoms with Gasteiger partial charge in [-0.1, -0.05) is 24.6 Å². The topological polar surface area (TPSA) is 16.6 Å². The highest BCUT2D eigenvalue weighted by atomic mass is 15.0. The molecule has 0 aromatic heterocycles. The van der Waals surface area contributed by atoms with Gasteiger partial charge in [0.05, 0.1) is 5.54 Å². The van der Waals surface area contributed by atoms with Crippen molar-refractivity contribution in [2.45, 2.75) is 64.8 Å². The molecule has 0 amide bonds. The number of nitrogens with two attached hydrogens (primary N) is 1. The highest BCUT2D eigenvalue weighted by Gasteiger charge is 2.56. The van der Waals surface area contributed by atoms with Crippen LogP contribution in [0.3, 0.4) is 0 Å². The fraction of sp³-hybridized carbons (Fsp3) is 0.762. The summed E-state index contributed by atoms with van der Waals surface area (Å²) in [6, 6.07) is 0. The van der Waals surface area contributed by atoms with Crippen LogP contribution in [0.15, 0.2) is 24.3 Å². The molecule has 2 N–H and O–H groups in total. The van der Waals surface area contributed by atoms with Crippen LogP contribution in [-0.2, 0) is 0 Å². The molecule has 3 fully saturated rings. The zero-order valence-electron chi connectivity index (χ0n) is 14.9. The Balaban J connectivity index is 1.96. The lowest BCUT2D eigenvalue weighted by Crippen LogP contribution is -2.94. The quantitative estimate of drug-likeness (QED) is 0.590. The van der Waals surface area contributed by atoms with Gasteiger partial charge in [0.1, 0.15) is 0 Å². The maximum atomic E-state index is 4.53. The second kappa shape index (κ2) is 5.82. The third-order valence-corrected chi connectivity index (χ3v) is 7.48. The number of quaternary nitrogens is 1. The predicted molar refractivity (Wildman–Crippen MR) is 94.0 cm³/mol. The van der Waals surface area contributed by atoms with Crippen LogP contribution in [0.25, 0.3) is 0 Å². The summed E-state index contributed by atoms with van der Waals surface area (Å²) in [6.07, 6.45) is 7.91. The minimum Gasteiger partial charge on any atom is -0.474 e. The Hall–Kier alpha value is -0.560. The molecule has 3 rings (SSSR count). The highest BCUT2D eigenvalue weighted by molar-refractivity contribution is 5.18. The zero-order valence-corrected chi connectivity index (χ0v) is 14.9. The van der Waals surface area contributed by atoms with Crippen LogP contribution < -0.4 is 5.32 Å². The van der Waals surface area contributed by atoms with Gasteiger partial charge in [-0.15, -0.1) is 6.58 Å². The van der Waals surface area contributed by atoms with Crippen molar-refractivity contribution >= 4 is 0 Å². The van der Waals surface area contributed by atoms with Gasteiger partial charge in [0, 0.05) is 12.3 Å². The number of hydrogen-bond acceptors (Lipinski definition) is 0. The van der Waals surface area contributed by atoms with Crippen molar-refractivity contribution in [3.63, 3.8) is 0 Å². The van der Waals surface area contributed by atoms with E-state index in [1.54, 1.807) is 5.57 Å². The van der Waals surface area contributed by atoms with Gasteiger partial charge in [-0.3, -0.25) is 0 Å². The molecule has 0 heterocycles. The molecule has 0 spiro atoms. The Morgan fingerprint density at radius 1 is 1.41 bits per heavy atom. The molecule has 3 aliphatic rings. The van der Waals surface area contributed by atoms with E-state index >= 15 is 0 Å². The van der Waals surface area contributed by atoms with Gasteiger partial charge in [0.2, 0.25) is 0 Å². The average molecular weight is 302 g/mol. The van der Waals surface area contributed by atoms with Gasteiger partial charge in [-0.05, 0) is 75.5 Å². The largest absolute Gasteiger partial charge is 0.474 e. The summed E-state index contributed by atoms with van der Waals surface area (Å²) in [5.74, 6) is 5.00. The molecule has 0 aromatic carbocycles. The van der Waals surface area contributed by atoms with E-state index in [0.29, 0.717) is 5.54 Å². The molecule has 124 valence electrons. The molecule has 0 aromatic rings. The van der Waals surface area contributed by atoms with E-state index in [2.05, 4.69) is 46.3 Å². The van der Waals surface area contributed by atoms with Crippen LogP contribution in [0.4, 0.5) is 0 Å². The van der Waals surface area contributed by atoms with Crippen molar-refractivity contribution in [1.29, 1.82) is 0 Å². The lowest BCUT2D eigenvalue weighted by atomic mass is 9.46. The molecular weight excluding hydrogens is 266 g/mol. The van der Waals surface area contributed by atoms with Crippen LogP contribution in [0.5, 0.6) is 0 Å².